The zero-order valence-electron chi connectivity index (χ0n) is 11.8. The Morgan fingerprint density at radius 3 is 2.14 bits per heavy atom. The van der Waals surface area contributed by atoms with Crippen LogP contribution in [0, 0.1) is 13.8 Å². The molecule has 1 rings (SSSR count). The number of carbonyl (C=O) groups excluding carboxylic acids is 1. The molecule has 0 atom stereocenters. The van der Waals surface area contributed by atoms with Crippen LogP contribution in [0.5, 0.6) is 0 Å². The number of alkyl halides is 2. The first-order valence-electron chi connectivity index (χ1n) is 6.31. The van der Waals surface area contributed by atoms with E-state index >= 15 is 0 Å². The van der Waals surface area contributed by atoms with Gasteiger partial charge in [0.1, 0.15) is 0 Å². The number of amides is 1. The van der Waals surface area contributed by atoms with Gasteiger partial charge in [-0.05, 0) is 25.0 Å². The fraction of sp³-hybridized carbons (Fsp3) is 0.429. The van der Waals surface area contributed by atoms with Crippen molar-refractivity contribution >= 4 is 11.9 Å². The molecule has 2 N–H and O–H groups in total. The summed E-state index contributed by atoms with van der Waals surface area (Å²) in [5, 5.41) is 18.1. The molecule has 1 aromatic carbocycles. The largest absolute Gasteiger partial charge is 0.478 e. The van der Waals surface area contributed by atoms with Gasteiger partial charge in [-0.25, -0.2) is 13.6 Å². The first-order valence-corrected chi connectivity index (χ1v) is 6.31. The molecule has 0 heterocycles. The third-order valence-electron chi connectivity index (χ3n) is 3.07. The second kappa shape index (κ2) is 7.12. The van der Waals surface area contributed by atoms with Gasteiger partial charge in [0.25, 0.3) is 12.3 Å². The molecule has 5 nitrogen and oxygen atoms in total. The molecule has 0 spiro atoms. The van der Waals surface area contributed by atoms with Gasteiger partial charge in [0.2, 0.25) is 0 Å². The van der Waals surface area contributed by atoms with E-state index in [4.69, 9.17) is 5.11 Å². The lowest BCUT2D eigenvalue weighted by Gasteiger charge is -2.23. The number of aliphatic hydroxyl groups is 1. The van der Waals surface area contributed by atoms with Gasteiger partial charge in [0.05, 0.1) is 24.3 Å². The number of halogens is 2. The number of carboxylic acids is 1. The highest BCUT2D eigenvalue weighted by Crippen LogP contribution is 2.21. The number of nitrogens with zero attached hydrogens (tertiary/aromatic N) is 1. The van der Waals surface area contributed by atoms with Gasteiger partial charge >= 0.3 is 5.97 Å². The highest BCUT2D eigenvalue weighted by atomic mass is 19.3. The van der Waals surface area contributed by atoms with Crippen LogP contribution < -0.4 is 0 Å². The van der Waals surface area contributed by atoms with E-state index in [9.17, 15) is 23.5 Å². The van der Waals surface area contributed by atoms with E-state index in [0.717, 1.165) is 4.90 Å². The summed E-state index contributed by atoms with van der Waals surface area (Å²) in [6, 6.07) is 3.12. The third kappa shape index (κ3) is 3.98. The van der Waals surface area contributed by atoms with Crippen molar-refractivity contribution in [3.8, 4) is 0 Å². The maximum Gasteiger partial charge on any atom is 0.336 e. The summed E-state index contributed by atoms with van der Waals surface area (Å²) in [6.07, 6.45) is -2.76. The Hall–Kier alpha value is -2.02. The van der Waals surface area contributed by atoms with Crippen LogP contribution >= 0.6 is 0 Å². The molecule has 0 aliphatic carbocycles. The fourth-order valence-electron chi connectivity index (χ4n) is 2.08. The SMILES string of the molecule is Cc1ccc(C)c(C(=O)N(CCO)CC(F)F)c1C(=O)O. The first kappa shape index (κ1) is 17.0. The smallest absolute Gasteiger partial charge is 0.336 e. The highest BCUT2D eigenvalue weighted by molar-refractivity contribution is 6.06. The minimum Gasteiger partial charge on any atom is -0.478 e. The average Bonchev–Trinajstić information content (AvgIpc) is 2.39. The molecule has 0 bridgehead atoms. The molecule has 0 aromatic heterocycles. The number of carbonyl (C=O) groups is 2. The van der Waals surface area contributed by atoms with Crippen LogP contribution in [0.1, 0.15) is 31.8 Å². The number of aryl methyl sites for hydroxylation is 2. The van der Waals surface area contributed by atoms with Crippen LogP contribution in [0.4, 0.5) is 8.78 Å². The van der Waals surface area contributed by atoms with Crippen molar-refractivity contribution < 1.29 is 28.6 Å². The van der Waals surface area contributed by atoms with Gasteiger partial charge in [-0.15, -0.1) is 0 Å². The lowest BCUT2D eigenvalue weighted by Crippen LogP contribution is -2.38. The normalized spacial score (nSPS) is 10.8. The zero-order valence-corrected chi connectivity index (χ0v) is 11.8. The zero-order chi connectivity index (χ0) is 16.2. The van der Waals surface area contributed by atoms with Crippen molar-refractivity contribution in [3.05, 3.63) is 34.4 Å². The van der Waals surface area contributed by atoms with Crippen LogP contribution in [0.25, 0.3) is 0 Å². The number of rotatable bonds is 6. The molecule has 21 heavy (non-hydrogen) atoms. The Morgan fingerprint density at radius 1 is 1.19 bits per heavy atom. The van der Waals surface area contributed by atoms with E-state index in [-0.39, 0.29) is 17.7 Å². The maximum atomic E-state index is 12.5. The average molecular weight is 301 g/mol. The second-order valence-corrected chi connectivity index (χ2v) is 4.62. The minimum atomic E-state index is -2.76. The second-order valence-electron chi connectivity index (χ2n) is 4.62. The van der Waals surface area contributed by atoms with E-state index in [0.29, 0.717) is 11.1 Å². The summed E-state index contributed by atoms with van der Waals surface area (Å²) < 4.78 is 25.1. The Labute approximate surface area is 120 Å². The molecular formula is C14H17F2NO4. The molecule has 7 heteroatoms. The topological polar surface area (TPSA) is 77.8 Å². The van der Waals surface area contributed by atoms with Gasteiger partial charge in [0, 0.05) is 6.54 Å². The van der Waals surface area contributed by atoms with Crippen molar-refractivity contribution in [1.29, 1.82) is 0 Å². The number of carboxylic acid groups (broad SMARTS) is 1. The first-order chi connectivity index (χ1) is 9.79. The summed E-state index contributed by atoms with van der Waals surface area (Å²) >= 11 is 0. The number of aromatic carboxylic acids is 1. The quantitative estimate of drug-likeness (QED) is 0.838. The van der Waals surface area contributed by atoms with Crippen molar-refractivity contribution in [2.75, 3.05) is 19.7 Å². The number of benzene rings is 1. The summed E-state index contributed by atoms with van der Waals surface area (Å²) in [7, 11) is 0. The molecule has 0 unspecified atom stereocenters. The van der Waals surface area contributed by atoms with Gasteiger partial charge in [-0.3, -0.25) is 4.79 Å². The molecule has 0 saturated heterocycles. The van der Waals surface area contributed by atoms with Gasteiger partial charge in [0.15, 0.2) is 0 Å². The predicted molar refractivity (Wildman–Crippen MR) is 71.9 cm³/mol. The van der Waals surface area contributed by atoms with Crippen LogP contribution in [-0.2, 0) is 0 Å². The van der Waals surface area contributed by atoms with E-state index in [2.05, 4.69) is 0 Å². The van der Waals surface area contributed by atoms with Crippen LogP contribution in [0.2, 0.25) is 0 Å². The van der Waals surface area contributed by atoms with Gasteiger partial charge < -0.3 is 15.1 Å². The van der Waals surface area contributed by atoms with Gasteiger partial charge in [-0.1, -0.05) is 12.1 Å². The van der Waals surface area contributed by atoms with Crippen molar-refractivity contribution in [1.82, 2.24) is 4.90 Å². The maximum absolute atomic E-state index is 12.5. The standard InChI is InChI=1S/C14H17F2NO4/c1-8-3-4-9(2)12(14(20)21)11(8)13(19)17(5-6-18)7-10(15)16/h3-4,10,18H,5-7H2,1-2H3,(H,20,21). The van der Waals surface area contributed by atoms with Crippen molar-refractivity contribution in [2.45, 2.75) is 20.3 Å². The van der Waals surface area contributed by atoms with Crippen LogP contribution in [-0.4, -0.2) is 53.1 Å². The third-order valence-corrected chi connectivity index (χ3v) is 3.07. The van der Waals surface area contributed by atoms with E-state index in [1.54, 1.807) is 19.1 Å². The van der Waals surface area contributed by atoms with Crippen molar-refractivity contribution in [3.63, 3.8) is 0 Å². The monoisotopic (exact) mass is 301 g/mol. The number of aliphatic hydroxyl groups excluding tert-OH is 1. The van der Waals surface area contributed by atoms with Crippen LogP contribution in [0.15, 0.2) is 12.1 Å². The molecule has 1 aromatic rings. The summed E-state index contributed by atoms with van der Waals surface area (Å²) in [4.78, 5) is 24.5. The lowest BCUT2D eigenvalue weighted by molar-refractivity contribution is 0.0502. The lowest BCUT2D eigenvalue weighted by atomic mass is 9.96. The predicted octanol–water partition coefficient (Wildman–Crippen LogP) is 1.70. The molecule has 0 aliphatic rings. The Bertz CT molecular complexity index is 546. The van der Waals surface area contributed by atoms with E-state index < -0.39 is 31.5 Å². The van der Waals surface area contributed by atoms with E-state index in [1.807, 2.05) is 0 Å². The minimum absolute atomic E-state index is 0.114. The Morgan fingerprint density at radius 2 is 1.71 bits per heavy atom. The molecule has 1 amide bonds. The molecule has 0 radical (unpaired) electrons. The highest BCUT2D eigenvalue weighted by Gasteiger charge is 2.26. The van der Waals surface area contributed by atoms with Crippen LogP contribution in [0.3, 0.4) is 0 Å². The van der Waals surface area contributed by atoms with Crippen molar-refractivity contribution in [2.24, 2.45) is 0 Å². The summed E-state index contributed by atoms with van der Waals surface area (Å²) in [5.41, 5.74) is 0.450. The summed E-state index contributed by atoms with van der Waals surface area (Å²) in [6.45, 7) is 1.45. The van der Waals surface area contributed by atoms with Gasteiger partial charge in [-0.2, -0.15) is 0 Å². The molecule has 116 valence electrons. The summed E-state index contributed by atoms with van der Waals surface area (Å²) in [5.74, 6) is -2.11. The molecule has 0 aliphatic heterocycles. The number of hydrogen-bond donors (Lipinski definition) is 2. The molecular weight excluding hydrogens is 284 g/mol. The Balaban J connectivity index is 3.33. The molecule has 0 fully saturated rings. The molecule has 0 saturated carbocycles. The van der Waals surface area contributed by atoms with E-state index in [1.165, 1.54) is 6.92 Å². The number of hydrogen-bond acceptors (Lipinski definition) is 3. The fourth-order valence-corrected chi connectivity index (χ4v) is 2.08. The Kier molecular flexibility index (Phi) is 5.78.